The van der Waals surface area contributed by atoms with Gasteiger partial charge in [-0.25, -0.2) is 8.42 Å². The third-order valence-electron chi connectivity index (χ3n) is 6.38. The lowest BCUT2D eigenvalue weighted by Crippen LogP contribution is -2.49. The van der Waals surface area contributed by atoms with Gasteiger partial charge in [0.1, 0.15) is 0 Å². The summed E-state index contributed by atoms with van der Waals surface area (Å²) in [7, 11) is -3.33. The normalized spacial score (nSPS) is 17.0. The number of fused-ring (bicyclic) bond motifs is 1. The van der Waals surface area contributed by atoms with Crippen LogP contribution in [0.4, 0.5) is 11.4 Å². The van der Waals surface area contributed by atoms with Gasteiger partial charge in [-0.2, -0.15) is 4.31 Å². The van der Waals surface area contributed by atoms with E-state index in [-0.39, 0.29) is 11.7 Å². The fraction of sp³-hybridized carbons (Fsp3) is 0.480. The van der Waals surface area contributed by atoms with Crippen LogP contribution in [-0.4, -0.2) is 57.1 Å². The first-order chi connectivity index (χ1) is 15.7. The topological polar surface area (TPSA) is 60.9 Å². The lowest BCUT2D eigenvalue weighted by molar-refractivity contribution is -0.119. The minimum absolute atomic E-state index is 0.0962. The average Bonchev–Trinajstić information content (AvgIpc) is 3.21. The Bertz CT molecular complexity index is 1110. The molecule has 2 aliphatic rings. The Morgan fingerprint density at radius 2 is 1.79 bits per heavy atom. The average molecular weight is 490 g/mol. The molecule has 0 atom stereocenters. The van der Waals surface area contributed by atoms with Crippen LogP contribution in [0.2, 0.25) is 5.02 Å². The van der Waals surface area contributed by atoms with Crippen molar-refractivity contribution in [2.75, 3.05) is 48.3 Å². The monoisotopic (exact) mass is 489 g/mol. The quantitative estimate of drug-likeness (QED) is 0.590. The third kappa shape index (κ3) is 5.70. The number of sulfonamides is 1. The summed E-state index contributed by atoms with van der Waals surface area (Å²) in [5, 5.41) is 0.685. The Morgan fingerprint density at radius 3 is 2.48 bits per heavy atom. The van der Waals surface area contributed by atoms with Gasteiger partial charge in [-0.15, -0.1) is 0 Å². The van der Waals surface area contributed by atoms with Gasteiger partial charge in [0.2, 0.25) is 15.9 Å². The molecule has 0 spiro atoms. The van der Waals surface area contributed by atoms with Crippen LogP contribution in [0, 0.1) is 5.92 Å². The zero-order chi connectivity index (χ0) is 23.6. The molecule has 0 aliphatic carbocycles. The molecule has 2 heterocycles. The molecule has 2 aromatic rings. The van der Waals surface area contributed by atoms with E-state index in [1.165, 1.54) is 0 Å². The summed E-state index contributed by atoms with van der Waals surface area (Å²) in [4.78, 5) is 16.5. The van der Waals surface area contributed by atoms with Crippen LogP contribution >= 0.6 is 11.6 Å². The van der Waals surface area contributed by atoms with Crippen LogP contribution in [0.25, 0.3) is 0 Å². The lowest BCUT2D eigenvalue weighted by Gasteiger charge is -2.35. The maximum atomic E-state index is 13.0. The number of benzene rings is 2. The summed E-state index contributed by atoms with van der Waals surface area (Å²) in [6, 6.07) is 13.7. The fourth-order valence-electron chi connectivity index (χ4n) is 4.60. The second-order valence-electron chi connectivity index (χ2n) is 9.29. The van der Waals surface area contributed by atoms with Crippen molar-refractivity contribution in [2.24, 2.45) is 5.92 Å². The minimum Gasteiger partial charge on any atom is -0.369 e. The van der Waals surface area contributed by atoms with Crippen molar-refractivity contribution in [3.05, 3.63) is 58.6 Å². The second-order valence-corrected chi connectivity index (χ2v) is 11.8. The summed E-state index contributed by atoms with van der Waals surface area (Å²) in [5.41, 5.74) is 4.15. The molecule has 0 N–H and O–H groups in total. The van der Waals surface area contributed by atoms with Gasteiger partial charge in [0.05, 0.1) is 5.75 Å². The van der Waals surface area contributed by atoms with Crippen molar-refractivity contribution in [1.82, 2.24) is 4.31 Å². The number of amides is 1. The van der Waals surface area contributed by atoms with E-state index in [9.17, 15) is 13.2 Å². The van der Waals surface area contributed by atoms with Gasteiger partial charge in [0.25, 0.3) is 0 Å². The van der Waals surface area contributed by atoms with E-state index in [1.54, 1.807) is 4.31 Å². The van der Waals surface area contributed by atoms with Crippen molar-refractivity contribution in [3.8, 4) is 0 Å². The molecule has 0 radical (unpaired) electrons. The zero-order valence-electron chi connectivity index (χ0n) is 19.3. The van der Waals surface area contributed by atoms with E-state index >= 15 is 0 Å². The number of hydrogen-bond donors (Lipinski definition) is 0. The minimum atomic E-state index is -3.33. The highest BCUT2D eigenvalue weighted by molar-refractivity contribution is 7.89. The predicted molar refractivity (Wildman–Crippen MR) is 135 cm³/mol. The van der Waals surface area contributed by atoms with E-state index in [2.05, 4.69) is 24.8 Å². The Morgan fingerprint density at radius 1 is 1.03 bits per heavy atom. The molecule has 6 nitrogen and oxygen atoms in total. The van der Waals surface area contributed by atoms with Crippen molar-refractivity contribution >= 4 is 38.9 Å². The molecule has 1 saturated heterocycles. The van der Waals surface area contributed by atoms with Crippen LogP contribution in [0.15, 0.2) is 42.5 Å². The first-order valence-corrected chi connectivity index (χ1v) is 13.6. The summed E-state index contributed by atoms with van der Waals surface area (Å²) in [6.45, 7) is 7.07. The van der Waals surface area contributed by atoms with Crippen LogP contribution in [0.5, 0.6) is 0 Å². The van der Waals surface area contributed by atoms with E-state index in [1.807, 2.05) is 41.3 Å². The molecule has 0 bridgehead atoms. The van der Waals surface area contributed by atoms with Crippen molar-refractivity contribution < 1.29 is 13.2 Å². The van der Waals surface area contributed by atoms with Crippen LogP contribution in [-0.2, 0) is 27.7 Å². The molecule has 2 aromatic carbocycles. The fourth-order valence-corrected chi connectivity index (χ4v) is 6.26. The summed E-state index contributed by atoms with van der Waals surface area (Å²) in [5.74, 6) is 0.591. The van der Waals surface area contributed by atoms with Gasteiger partial charge in [-0.05, 0) is 54.2 Å². The molecular weight excluding hydrogens is 458 g/mol. The smallest absolute Gasteiger partial charge is 0.227 e. The molecular formula is C25H32ClN3O3S. The predicted octanol–water partition coefficient (Wildman–Crippen LogP) is 3.97. The van der Waals surface area contributed by atoms with Gasteiger partial charge < -0.3 is 9.80 Å². The van der Waals surface area contributed by atoms with Gasteiger partial charge in [0.15, 0.2) is 0 Å². The van der Waals surface area contributed by atoms with Crippen molar-refractivity contribution in [1.29, 1.82) is 0 Å². The van der Waals surface area contributed by atoms with Crippen LogP contribution < -0.4 is 9.80 Å². The lowest BCUT2D eigenvalue weighted by atomic mass is 10.1. The molecule has 0 aromatic heterocycles. The van der Waals surface area contributed by atoms with Gasteiger partial charge in [-0.3, -0.25) is 4.79 Å². The highest BCUT2D eigenvalue weighted by Crippen LogP contribution is 2.30. The number of piperazine rings is 1. The number of rotatable bonds is 7. The van der Waals surface area contributed by atoms with E-state index in [4.69, 9.17) is 11.6 Å². The second kappa shape index (κ2) is 10.0. The molecule has 0 saturated carbocycles. The first kappa shape index (κ1) is 24.0. The van der Waals surface area contributed by atoms with Gasteiger partial charge >= 0.3 is 0 Å². The maximum Gasteiger partial charge on any atom is 0.227 e. The van der Waals surface area contributed by atoms with E-state index < -0.39 is 10.0 Å². The Kier molecular flexibility index (Phi) is 7.31. The number of carbonyl (C=O) groups is 1. The molecule has 33 heavy (non-hydrogen) atoms. The molecule has 1 amide bonds. The number of hydrogen-bond acceptors (Lipinski definition) is 4. The maximum absolute atomic E-state index is 13.0. The van der Waals surface area contributed by atoms with Crippen LogP contribution in [0.1, 0.15) is 31.4 Å². The zero-order valence-corrected chi connectivity index (χ0v) is 20.9. The first-order valence-electron chi connectivity index (χ1n) is 11.6. The number of nitrogens with zero attached hydrogens (tertiary/aromatic N) is 3. The summed E-state index contributed by atoms with van der Waals surface area (Å²) >= 11 is 6.09. The van der Waals surface area contributed by atoms with Gasteiger partial charge in [-0.1, -0.05) is 43.6 Å². The third-order valence-corrected chi connectivity index (χ3v) is 8.48. The number of halogens is 1. The SMILES string of the molecule is CC(C)CC(=O)N1CCc2cc(CCS(=O)(=O)N3CCN(c4cccc(Cl)c4)CC3)ccc21. The Hall–Kier alpha value is -2.09. The molecule has 8 heteroatoms. The van der Waals surface area contributed by atoms with Crippen molar-refractivity contribution in [3.63, 3.8) is 0 Å². The Balaban J connectivity index is 1.33. The summed E-state index contributed by atoms with van der Waals surface area (Å²) < 4.78 is 27.5. The molecule has 2 aliphatic heterocycles. The molecule has 1 fully saturated rings. The largest absolute Gasteiger partial charge is 0.369 e. The van der Waals surface area contributed by atoms with Crippen LogP contribution in [0.3, 0.4) is 0 Å². The number of aryl methyl sites for hydroxylation is 1. The van der Waals surface area contributed by atoms with Gasteiger partial charge in [0, 0.05) is 55.5 Å². The van der Waals surface area contributed by atoms with E-state index in [0.29, 0.717) is 56.5 Å². The van der Waals surface area contributed by atoms with E-state index in [0.717, 1.165) is 28.9 Å². The highest BCUT2D eigenvalue weighted by Gasteiger charge is 2.28. The van der Waals surface area contributed by atoms with Crippen molar-refractivity contribution in [2.45, 2.75) is 33.1 Å². The molecule has 4 rings (SSSR count). The number of anilines is 2. The highest BCUT2D eigenvalue weighted by atomic mass is 35.5. The summed E-state index contributed by atoms with van der Waals surface area (Å²) in [6.07, 6.45) is 1.85. The number of carbonyl (C=O) groups excluding carboxylic acids is 1. The molecule has 178 valence electrons. The standard InChI is InChI=1S/C25H32ClN3O3S/c1-19(2)16-25(30)29-10-8-21-17-20(6-7-24(21)29)9-15-33(31,32)28-13-11-27(12-14-28)23-5-3-4-22(26)18-23/h3-7,17-19H,8-16H2,1-2H3. The molecule has 0 unspecified atom stereocenters. The Labute approximate surface area is 202 Å².